The largest absolute Gasteiger partial charge is 0.436 e. The van der Waals surface area contributed by atoms with E-state index < -0.39 is 6.10 Å². The lowest BCUT2D eigenvalue weighted by Gasteiger charge is -1.99. The van der Waals surface area contributed by atoms with Crippen molar-refractivity contribution in [2.75, 3.05) is 0 Å². The van der Waals surface area contributed by atoms with Crippen LogP contribution in [0.1, 0.15) is 11.7 Å². The highest BCUT2D eigenvalue weighted by Crippen LogP contribution is 2.26. The van der Waals surface area contributed by atoms with Crippen molar-refractivity contribution in [2.45, 2.75) is 6.10 Å². The van der Waals surface area contributed by atoms with Crippen LogP contribution in [0.25, 0.3) is 22.6 Å². The predicted octanol–water partition coefficient (Wildman–Crippen LogP) is 3.05. The van der Waals surface area contributed by atoms with Gasteiger partial charge in [-0.15, -0.1) is 0 Å². The highest BCUT2D eigenvalue weighted by Gasteiger charge is 2.11. The SMILES string of the molecule is N#CC(O)c1ccc2oc(-c3ccccc3)nc2c1. The fourth-order valence-corrected chi connectivity index (χ4v) is 1.89. The summed E-state index contributed by atoms with van der Waals surface area (Å²) in [7, 11) is 0. The molecule has 0 bridgehead atoms. The molecule has 0 aliphatic heterocycles. The van der Waals surface area contributed by atoms with Gasteiger partial charge in [-0.25, -0.2) is 4.98 Å². The smallest absolute Gasteiger partial charge is 0.227 e. The van der Waals surface area contributed by atoms with E-state index in [-0.39, 0.29) is 0 Å². The zero-order valence-corrected chi connectivity index (χ0v) is 9.95. The molecule has 3 rings (SSSR count). The van der Waals surface area contributed by atoms with Crippen LogP contribution >= 0.6 is 0 Å². The topological polar surface area (TPSA) is 70.0 Å². The zero-order valence-electron chi connectivity index (χ0n) is 9.95. The number of rotatable bonds is 2. The molecular formula is C15H10N2O2. The number of nitriles is 1. The highest BCUT2D eigenvalue weighted by molar-refractivity contribution is 5.77. The van der Waals surface area contributed by atoms with E-state index in [2.05, 4.69) is 4.98 Å². The first kappa shape index (κ1) is 11.5. The van der Waals surface area contributed by atoms with Crippen molar-refractivity contribution >= 4 is 11.1 Å². The molecule has 0 aliphatic carbocycles. The van der Waals surface area contributed by atoms with E-state index in [0.29, 0.717) is 22.6 Å². The Balaban J connectivity index is 2.09. The fourth-order valence-electron chi connectivity index (χ4n) is 1.89. The molecule has 0 saturated carbocycles. The van der Waals surface area contributed by atoms with Gasteiger partial charge in [0.1, 0.15) is 5.52 Å². The Morgan fingerprint density at radius 1 is 1.16 bits per heavy atom. The minimum Gasteiger partial charge on any atom is -0.436 e. The molecule has 19 heavy (non-hydrogen) atoms. The van der Waals surface area contributed by atoms with E-state index in [9.17, 15) is 5.11 Å². The van der Waals surface area contributed by atoms with Gasteiger partial charge in [0.2, 0.25) is 5.89 Å². The molecule has 1 aromatic heterocycles. The van der Waals surface area contributed by atoms with Gasteiger partial charge in [0.15, 0.2) is 11.7 Å². The summed E-state index contributed by atoms with van der Waals surface area (Å²) in [4.78, 5) is 4.37. The summed E-state index contributed by atoms with van der Waals surface area (Å²) in [6, 6.07) is 16.4. The minimum atomic E-state index is -1.14. The number of aliphatic hydroxyl groups is 1. The standard InChI is InChI=1S/C15H10N2O2/c16-9-13(18)11-6-7-14-12(8-11)17-15(19-14)10-4-2-1-3-5-10/h1-8,13,18H. The van der Waals surface area contributed by atoms with Crippen molar-refractivity contribution in [1.82, 2.24) is 4.98 Å². The first-order valence-corrected chi connectivity index (χ1v) is 5.81. The first-order chi connectivity index (χ1) is 9.28. The van der Waals surface area contributed by atoms with Crippen molar-refractivity contribution in [2.24, 2.45) is 0 Å². The molecule has 1 heterocycles. The quantitative estimate of drug-likeness (QED) is 0.709. The molecule has 0 saturated heterocycles. The van der Waals surface area contributed by atoms with Gasteiger partial charge >= 0.3 is 0 Å². The lowest BCUT2D eigenvalue weighted by molar-refractivity contribution is 0.236. The van der Waals surface area contributed by atoms with Crippen LogP contribution < -0.4 is 0 Å². The average Bonchev–Trinajstić information content (AvgIpc) is 2.90. The summed E-state index contributed by atoms with van der Waals surface area (Å²) < 4.78 is 5.65. The van der Waals surface area contributed by atoms with Crippen molar-refractivity contribution in [3.05, 3.63) is 54.1 Å². The van der Waals surface area contributed by atoms with E-state index in [0.717, 1.165) is 5.56 Å². The number of oxazole rings is 1. The Kier molecular flexibility index (Phi) is 2.75. The third-order valence-corrected chi connectivity index (χ3v) is 2.87. The molecule has 0 fully saturated rings. The van der Waals surface area contributed by atoms with Gasteiger partial charge in [-0.3, -0.25) is 0 Å². The summed E-state index contributed by atoms with van der Waals surface area (Å²) >= 11 is 0. The van der Waals surface area contributed by atoms with Gasteiger partial charge in [-0.1, -0.05) is 24.3 Å². The van der Waals surface area contributed by atoms with Crippen molar-refractivity contribution < 1.29 is 9.52 Å². The van der Waals surface area contributed by atoms with E-state index >= 15 is 0 Å². The van der Waals surface area contributed by atoms with Crippen LogP contribution in [-0.4, -0.2) is 10.1 Å². The molecule has 0 radical (unpaired) electrons. The molecule has 3 aromatic rings. The molecule has 4 heteroatoms. The summed E-state index contributed by atoms with van der Waals surface area (Å²) in [5, 5.41) is 18.2. The maximum absolute atomic E-state index is 9.49. The van der Waals surface area contributed by atoms with Gasteiger partial charge in [0.05, 0.1) is 6.07 Å². The molecule has 1 atom stereocenters. The molecule has 2 aromatic carbocycles. The van der Waals surface area contributed by atoms with Gasteiger partial charge in [0, 0.05) is 5.56 Å². The Morgan fingerprint density at radius 3 is 2.68 bits per heavy atom. The highest BCUT2D eigenvalue weighted by atomic mass is 16.3. The molecule has 4 nitrogen and oxygen atoms in total. The van der Waals surface area contributed by atoms with Gasteiger partial charge in [-0.2, -0.15) is 5.26 Å². The number of hydrogen-bond donors (Lipinski definition) is 1. The molecule has 92 valence electrons. The van der Waals surface area contributed by atoms with Crippen LogP contribution in [0.2, 0.25) is 0 Å². The fraction of sp³-hybridized carbons (Fsp3) is 0.0667. The number of benzene rings is 2. The normalized spacial score (nSPS) is 12.2. The van der Waals surface area contributed by atoms with Gasteiger partial charge in [0.25, 0.3) is 0 Å². The molecule has 0 spiro atoms. The van der Waals surface area contributed by atoms with Crippen molar-refractivity contribution in [3.63, 3.8) is 0 Å². The van der Waals surface area contributed by atoms with Crippen LogP contribution in [-0.2, 0) is 0 Å². The second-order valence-corrected chi connectivity index (χ2v) is 4.14. The van der Waals surface area contributed by atoms with Crippen LogP contribution in [0.15, 0.2) is 52.9 Å². The lowest BCUT2D eigenvalue weighted by atomic mass is 10.1. The number of fused-ring (bicyclic) bond motifs is 1. The van der Waals surface area contributed by atoms with Crippen LogP contribution in [0.4, 0.5) is 0 Å². The molecule has 0 amide bonds. The second-order valence-electron chi connectivity index (χ2n) is 4.14. The van der Waals surface area contributed by atoms with E-state index in [1.54, 1.807) is 24.3 Å². The maximum Gasteiger partial charge on any atom is 0.227 e. The number of aliphatic hydroxyl groups excluding tert-OH is 1. The monoisotopic (exact) mass is 250 g/mol. The van der Waals surface area contributed by atoms with Crippen molar-refractivity contribution in [1.29, 1.82) is 5.26 Å². The third-order valence-electron chi connectivity index (χ3n) is 2.87. The molecule has 1 unspecified atom stereocenters. The minimum absolute atomic E-state index is 0.517. The van der Waals surface area contributed by atoms with E-state index in [1.165, 1.54) is 0 Å². The molecule has 0 aliphatic rings. The number of nitrogens with zero attached hydrogens (tertiary/aromatic N) is 2. The third kappa shape index (κ3) is 2.07. The first-order valence-electron chi connectivity index (χ1n) is 5.81. The maximum atomic E-state index is 9.49. The summed E-state index contributed by atoms with van der Waals surface area (Å²) in [5.41, 5.74) is 2.67. The van der Waals surface area contributed by atoms with Crippen molar-refractivity contribution in [3.8, 4) is 17.5 Å². The van der Waals surface area contributed by atoms with Crippen LogP contribution in [0, 0.1) is 11.3 Å². The molecule has 1 N–H and O–H groups in total. The van der Waals surface area contributed by atoms with Crippen LogP contribution in [0.5, 0.6) is 0 Å². The number of hydrogen-bond acceptors (Lipinski definition) is 4. The molecular weight excluding hydrogens is 240 g/mol. The van der Waals surface area contributed by atoms with Gasteiger partial charge in [-0.05, 0) is 29.8 Å². The van der Waals surface area contributed by atoms with Gasteiger partial charge < -0.3 is 9.52 Å². The Bertz CT molecular complexity index is 757. The summed E-state index contributed by atoms with van der Waals surface area (Å²) in [6.07, 6.45) is -1.14. The average molecular weight is 250 g/mol. The summed E-state index contributed by atoms with van der Waals surface area (Å²) in [6.45, 7) is 0. The summed E-state index contributed by atoms with van der Waals surface area (Å²) in [5.74, 6) is 0.527. The second kappa shape index (κ2) is 4.56. The predicted molar refractivity (Wildman–Crippen MR) is 70.0 cm³/mol. The van der Waals surface area contributed by atoms with Crippen LogP contribution in [0.3, 0.4) is 0 Å². The lowest BCUT2D eigenvalue weighted by Crippen LogP contribution is -1.92. The Labute approximate surface area is 109 Å². The zero-order chi connectivity index (χ0) is 13.2. The van der Waals surface area contributed by atoms with E-state index in [1.807, 2.05) is 30.3 Å². The Morgan fingerprint density at radius 2 is 1.95 bits per heavy atom. The Hall–Kier alpha value is -2.64. The number of aromatic nitrogens is 1. The van der Waals surface area contributed by atoms with E-state index in [4.69, 9.17) is 9.68 Å².